The molecule has 0 radical (unpaired) electrons. The summed E-state index contributed by atoms with van der Waals surface area (Å²) in [6.45, 7) is 0. The summed E-state index contributed by atoms with van der Waals surface area (Å²) in [6, 6.07) is 51.0. The number of para-hydroxylation sites is 4. The molecule has 0 amide bonds. The molecule has 6 heteroatoms. The zero-order chi connectivity index (χ0) is 33.5. The first-order chi connectivity index (χ1) is 25.3. The van der Waals surface area contributed by atoms with E-state index in [1.807, 2.05) is 103 Å². The zero-order valence-corrected chi connectivity index (χ0v) is 27.0. The lowest BCUT2D eigenvalue weighted by atomic mass is 9.97. The summed E-state index contributed by atoms with van der Waals surface area (Å²) in [7, 11) is 0. The number of aromatic nitrogens is 3. The maximum absolute atomic E-state index is 6.46. The molecule has 0 aliphatic carbocycles. The monoisotopic (exact) mass is 655 g/mol. The molecule has 0 aliphatic heterocycles. The molecule has 238 valence electrons. The fourth-order valence-electron chi connectivity index (χ4n) is 7.41. The van der Waals surface area contributed by atoms with Crippen LogP contribution in [0.25, 0.3) is 111 Å². The van der Waals surface area contributed by atoms with Gasteiger partial charge in [0.2, 0.25) is 0 Å². The van der Waals surface area contributed by atoms with Crippen LogP contribution in [0.4, 0.5) is 0 Å². The van der Waals surface area contributed by atoms with Crippen LogP contribution >= 0.6 is 0 Å². The van der Waals surface area contributed by atoms with Crippen molar-refractivity contribution in [1.29, 1.82) is 0 Å². The second-order valence-corrected chi connectivity index (χ2v) is 12.7. The van der Waals surface area contributed by atoms with Crippen LogP contribution in [-0.2, 0) is 0 Å². The average Bonchev–Trinajstić information content (AvgIpc) is 3.89. The van der Waals surface area contributed by atoms with Crippen LogP contribution in [0.2, 0.25) is 0 Å². The van der Waals surface area contributed by atoms with Gasteiger partial charge in [-0.1, -0.05) is 109 Å². The van der Waals surface area contributed by atoms with Gasteiger partial charge in [0.15, 0.2) is 17.5 Å². The topological polar surface area (TPSA) is 78.1 Å². The molecule has 0 saturated carbocycles. The highest BCUT2D eigenvalue weighted by molar-refractivity contribution is 6.17. The summed E-state index contributed by atoms with van der Waals surface area (Å²) in [5, 5.41) is 6.22. The zero-order valence-electron chi connectivity index (χ0n) is 27.0. The molecule has 0 saturated heterocycles. The van der Waals surface area contributed by atoms with E-state index < -0.39 is 0 Å². The Labute approximate surface area is 290 Å². The molecule has 11 aromatic rings. The van der Waals surface area contributed by atoms with Crippen LogP contribution in [0.3, 0.4) is 0 Å². The van der Waals surface area contributed by atoms with Crippen LogP contribution < -0.4 is 0 Å². The molecule has 4 heterocycles. The SMILES string of the molecule is c1ccc(-c2nc(-c3ccc4oc5cccc(-c6cccc7c6oc6ccccc67)c5c4c3)nc(-c3cccc4c3oc3ccccc34)n2)cc1. The Kier molecular flexibility index (Phi) is 5.86. The van der Waals surface area contributed by atoms with Crippen LogP contribution in [0, 0.1) is 0 Å². The van der Waals surface area contributed by atoms with Gasteiger partial charge in [-0.05, 0) is 48.0 Å². The van der Waals surface area contributed by atoms with Gasteiger partial charge < -0.3 is 13.3 Å². The predicted octanol–water partition coefficient (Wildman–Crippen LogP) is 12.2. The van der Waals surface area contributed by atoms with Gasteiger partial charge >= 0.3 is 0 Å². The maximum Gasteiger partial charge on any atom is 0.167 e. The number of hydrogen-bond acceptors (Lipinski definition) is 6. The minimum absolute atomic E-state index is 0.540. The molecule has 6 nitrogen and oxygen atoms in total. The molecule has 0 atom stereocenters. The van der Waals surface area contributed by atoms with E-state index in [-0.39, 0.29) is 0 Å². The normalized spacial score (nSPS) is 11.9. The fourth-order valence-corrected chi connectivity index (χ4v) is 7.41. The van der Waals surface area contributed by atoms with Crippen molar-refractivity contribution in [3.05, 3.63) is 152 Å². The van der Waals surface area contributed by atoms with Gasteiger partial charge in [0.25, 0.3) is 0 Å². The summed E-state index contributed by atoms with van der Waals surface area (Å²) in [5.41, 5.74) is 9.46. The number of nitrogens with zero attached hydrogens (tertiary/aromatic N) is 3. The third-order valence-corrected chi connectivity index (χ3v) is 9.76. The van der Waals surface area contributed by atoms with Gasteiger partial charge in [0.1, 0.15) is 33.5 Å². The van der Waals surface area contributed by atoms with E-state index in [1.165, 1.54) is 0 Å². The van der Waals surface area contributed by atoms with Crippen LogP contribution in [-0.4, -0.2) is 15.0 Å². The molecule has 0 N–H and O–H groups in total. The first kappa shape index (κ1) is 27.9. The van der Waals surface area contributed by atoms with Crippen molar-refractivity contribution < 1.29 is 13.3 Å². The first-order valence-electron chi connectivity index (χ1n) is 16.9. The summed E-state index contributed by atoms with van der Waals surface area (Å²) in [5.74, 6) is 1.68. The first-order valence-corrected chi connectivity index (χ1v) is 16.9. The second-order valence-electron chi connectivity index (χ2n) is 12.7. The summed E-state index contributed by atoms with van der Waals surface area (Å²) >= 11 is 0. The van der Waals surface area contributed by atoms with Crippen molar-refractivity contribution in [1.82, 2.24) is 15.0 Å². The minimum atomic E-state index is 0.540. The number of rotatable bonds is 4. The van der Waals surface area contributed by atoms with Gasteiger partial charge in [0.05, 0.1) is 5.56 Å². The van der Waals surface area contributed by atoms with E-state index in [9.17, 15) is 0 Å². The van der Waals surface area contributed by atoms with Crippen LogP contribution in [0.5, 0.6) is 0 Å². The Morgan fingerprint density at radius 3 is 1.59 bits per heavy atom. The summed E-state index contributed by atoms with van der Waals surface area (Å²) in [6.07, 6.45) is 0. The maximum atomic E-state index is 6.46. The molecule has 0 fully saturated rings. The second kappa shape index (κ2) is 10.7. The van der Waals surface area contributed by atoms with E-state index >= 15 is 0 Å². The highest BCUT2D eigenvalue weighted by Gasteiger charge is 2.20. The molecule has 11 rings (SSSR count). The number of benzene rings is 7. The standard InChI is InChI=1S/C45H25N3O3/c1-2-11-26(12-3-1)43-46-44(48-45(47-43)34-19-9-17-32-29-14-5-7-21-37(29)51-42(32)34)27-23-24-38-35(25-27)40-30(15-10-22-39(40)49-38)33-18-8-16-31-28-13-4-6-20-36(28)50-41(31)33/h1-25H. The van der Waals surface area contributed by atoms with E-state index in [0.717, 1.165) is 93.6 Å². The Morgan fingerprint density at radius 1 is 0.314 bits per heavy atom. The van der Waals surface area contributed by atoms with Gasteiger partial charge in [-0.2, -0.15) is 0 Å². The Bertz CT molecular complexity index is 3150. The van der Waals surface area contributed by atoms with E-state index in [2.05, 4.69) is 48.5 Å². The highest BCUT2D eigenvalue weighted by atomic mass is 16.3. The fraction of sp³-hybridized carbons (Fsp3) is 0. The average molecular weight is 656 g/mol. The quantitative estimate of drug-likeness (QED) is 0.188. The van der Waals surface area contributed by atoms with Crippen molar-refractivity contribution >= 4 is 65.8 Å². The van der Waals surface area contributed by atoms with Crippen molar-refractivity contribution in [3.8, 4) is 45.3 Å². The lowest BCUT2D eigenvalue weighted by molar-refractivity contribution is 0.668. The van der Waals surface area contributed by atoms with E-state index in [4.69, 9.17) is 28.2 Å². The van der Waals surface area contributed by atoms with E-state index in [0.29, 0.717) is 17.5 Å². The Morgan fingerprint density at radius 2 is 0.843 bits per heavy atom. The Hall–Kier alpha value is -7.05. The molecule has 4 aromatic heterocycles. The van der Waals surface area contributed by atoms with Crippen molar-refractivity contribution in [3.63, 3.8) is 0 Å². The molecule has 51 heavy (non-hydrogen) atoms. The van der Waals surface area contributed by atoms with Gasteiger partial charge in [-0.25, -0.2) is 15.0 Å². The molecule has 0 aliphatic rings. The van der Waals surface area contributed by atoms with E-state index in [1.54, 1.807) is 0 Å². The molecule has 0 spiro atoms. The molecule has 0 bridgehead atoms. The number of hydrogen-bond donors (Lipinski definition) is 0. The van der Waals surface area contributed by atoms with Crippen molar-refractivity contribution in [2.45, 2.75) is 0 Å². The van der Waals surface area contributed by atoms with Crippen molar-refractivity contribution in [2.24, 2.45) is 0 Å². The number of furan rings is 3. The summed E-state index contributed by atoms with van der Waals surface area (Å²) in [4.78, 5) is 15.2. The highest BCUT2D eigenvalue weighted by Crippen LogP contribution is 2.43. The lowest BCUT2D eigenvalue weighted by Crippen LogP contribution is -2.00. The van der Waals surface area contributed by atoms with Gasteiger partial charge in [-0.15, -0.1) is 0 Å². The third kappa shape index (κ3) is 4.26. The molecular weight excluding hydrogens is 631 g/mol. The van der Waals surface area contributed by atoms with Crippen molar-refractivity contribution in [2.75, 3.05) is 0 Å². The third-order valence-electron chi connectivity index (χ3n) is 9.76. The number of fused-ring (bicyclic) bond motifs is 9. The molecular formula is C45H25N3O3. The largest absolute Gasteiger partial charge is 0.456 e. The lowest BCUT2D eigenvalue weighted by Gasteiger charge is -2.09. The Balaban J connectivity index is 1.14. The van der Waals surface area contributed by atoms with Gasteiger partial charge in [0, 0.05) is 49.0 Å². The molecule has 0 unspecified atom stereocenters. The van der Waals surface area contributed by atoms with Crippen LogP contribution in [0.15, 0.2) is 165 Å². The smallest absolute Gasteiger partial charge is 0.167 e. The summed E-state index contributed by atoms with van der Waals surface area (Å²) < 4.78 is 19.3. The minimum Gasteiger partial charge on any atom is -0.456 e. The van der Waals surface area contributed by atoms with Gasteiger partial charge in [-0.3, -0.25) is 0 Å². The van der Waals surface area contributed by atoms with Crippen LogP contribution in [0.1, 0.15) is 0 Å². The predicted molar refractivity (Wildman–Crippen MR) is 203 cm³/mol. The molecule has 7 aromatic carbocycles.